The van der Waals surface area contributed by atoms with Crippen LogP contribution in [0.5, 0.6) is 17.2 Å². The molecule has 0 saturated heterocycles. The molecule has 0 heterocycles. The molecule has 0 aliphatic carbocycles. The average Bonchev–Trinajstić information content (AvgIpc) is 2.88. The number of halogens is 1. The number of nitrogens with zero attached hydrogens (tertiary/aromatic N) is 1. The molecule has 35 heavy (non-hydrogen) atoms. The van der Waals surface area contributed by atoms with Gasteiger partial charge in [-0.3, -0.25) is 9.59 Å². The molecule has 2 N–H and O–H groups in total. The van der Waals surface area contributed by atoms with Gasteiger partial charge >= 0.3 is 5.97 Å². The molecule has 0 unspecified atom stereocenters. The molecule has 180 valence electrons. The van der Waals surface area contributed by atoms with E-state index in [0.29, 0.717) is 33.9 Å². The second kappa shape index (κ2) is 12.3. The second-order valence-electron chi connectivity index (χ2n) is 7.01. The summed E-state index contributed by atoms with van der Waals surface area (Å²) in [4.78, 5) is 36.4. The van der Waals surface area contributed by atoms with Crippen LogP contribution in [-0.4, -0.2) is 44.8 Å². The number of methoxy groups -OCH3 is 2. The molecule has 0 saturated carbocycles. The van der Waals surface area contributed by atoms with Crippen LogP contribution in [0, 0.1) is 0 Å². The van der Waals surface area contributed by atoms with Crippen molar-refractivity contribution in [2.24, 2.45) is 5.10 Å². The van der Waals surface area contributed by atoms with Crippen molar-refractivity contribution in [3.63, 3.8) is 0 Å². The van der Waals surface area contributed by atoms with E-state index in [1.165, 1.54) is 26.5 Å². The molecule has 0 aliphatic rings. The van der Waals surface area contributed by atoms with Crippen molar-refractivity contribution in [3.05, 3.63) is 87.9 Å². The van der Waals surface area contributed by atoms with E-state index in [4.69, 9.17) is 14.2 Å². The van der Waals surface area contributed by atoms with Crippen LogP contribution in [0.2, 0.25) is 0 Å². The lowest BCUT2D eigenvalue weighted by Gasteiger charge is -2.09. The Labute approximate surface area is 210 Å². The topological polar surface area (TPSA) is 115 Å². The molecular formula is C25H22BrN3O6. The summed E-state index contributed by atoms with van der Waals surface area (Å²) in [5.74, 6) is -0.151. The fraction of sp³-hybridized carbons (Fsp3) is 0.120. The van der Waals surface area contributed by atoms with Crippen LogP contribution in [0.25, 0.3) is 0 Å². The van der Waals surface area contributed by atoms with E-state index >= 15 is 0 Å². The van der Waals surface area contributed by atoms with Crippen molar-refractivity contribution in [2.45, 2.75) is 0 Å². The number of esters is 1. The highest BCUT2D eigenvalue weighted by atomic mass is 79.9. The molecule has 0 bridgehead atoms. The predicted molar refractivity (Wildman–Crippen MR) is 133 cm³/mol. The van der Waals surface area contributed by atoms with Gasteiger partial charge in [0.15, 0.2) is 11.5 Å². The number of carbonyl (C=O) groups is 3. The largest absolute Gasteiger partial charge is 0.493 e. The first kappa shape index (κ1) is 25.4. The monoisotopic (exact) mass is 539 g/mol. The normalized spacial score (nSPS) is 10.5. The quantitative estimate of drug-likeness (QED) is 0.186. The Hall–Kier alpha value is -4.18. The molecule has 0 aliphatic heterocycles. The highest BCUT2D eigenvalue weighted by Gasteiger charge is 2.12. The molecule has 10 heteroatoms. The summed E-state index contributed by atoms with van der Waals surface area (Å²) >= 11 is 3.32. The highest BCUT2D eigenvalue weighted by molar-refractivity contribution is 9.10. The third-order valence-electron chi connectivity index (χ3n) is 4.63. The maximum atomic E-state index is 12.3. The van der Waals surface area contributed by atoms with Gasteiger partial charge in [0, 0.05) is 10.0 Å². The molecule has 0 radical (unpaired) electrons. The molecule has 3 rings (SSSR count). The summed E-state index contributed by atoms with van der Waals surface area (Å²) in [6.07, 6.45) is 1.42. The summed E-state index contributed by atoms with van der Waals surface area (Å²) < 4.78 is 16.5. The van der Waals surface area contributed by atoms with Crippen LogP contribution < -0.4 is 25.0 Å². The molecule has 3 aromatic carbocycles. The number of amides is 2. The van der Waals surface area contributed by atoms with E-state index in [0.717, 1.165) is 4.47 Å². The lowest BCUT2D eigenvalue weighted by Crippen LogP contribution is -2.34. The number of ether oxygens (including phenoxy) is 3. The first-order valence-electron chi connectivity index (χ1n) is 10.3. The van der Waals surface area contributed by atoms with Gasteiger partial charge in [-0.25, -0.2) is 10.2 Å². The third-order valence-corrected chi connectivity index (χ3v) is 5.16. The van der Waals surface area contributed by atoms with Gasteiger partial charge in [0.25, 0.3) is 11.8 Å². The molecule has 2 amide bonds. The Balaban J connectivity index is 1.46. The van der Waals surface area contributed by atoms with Gasteiger partial charge in [0.2, 0.25) is 0 Å². The van der Waals surface area contributed by atoms with Crippen LogP contribution >= 0.6 is 15.9 Å². The van der Waals surface area contributed by atoms with Crippen molar-refractivity contribution in [1.82, 2.24) is 10.7 Å². The van der Waals surface area contributed by atoms with Crippen LogP contribution in [-0.2, 0) is 4.79 Å². The number of rotatable bonds is 9. The third kappa shape index (κ3) is 7.41. The number of hydrogen-bond donors (Lipinski definition) is 2. The first-order valence-corrected chi connectivity index (χ1v) is 11.1. The summed E-state index contributed by atoms with van der Waals surface area (Å²) in [5.41, 5.74) is 3.75. The van der Waals surface area contributed by atoms with Gasteiger partial charge in [-0.15, -0.1) is 0 Å². The lowest BCUT2D eigenvalue weighted by molar-refractivity contribution is -0.120. The molecule has 0 atom stereocenters. The minimum atomic E-state index is -0.505. The van der Waals surface area contributed by atoms with Gasteiger partial charge < -0.3 is 19.5 Å². The average molecular weight is 540 g/mol. The number of hydrazone groups is 1. The van der Waals surface area contributed by atoms with Gasteiger partial charge in [-0.2, -0.15) is 5.10 Å². The van der Waals surface area contributed by atoms with E-state index in [9.17, 15) is 14.4 Å². The fourth-order valence-corrected chi connectivity index (χ4v) is 3.10. The van der Waals surface area contributed by atoms with E-state index in [1.807, 2.05) is 0 Å². The molecule has 3 aromatic rings. The molecule has 0 fully saturated rings. The minimum Gasteiger partial charge on any atom is -0.493 e. The Bertz CT molecular complexity index is 1230. The molecular weight excluding hydrogens is 518 g/mol. The number of benzene rings is 3. The zero-order valence-electron chi connectivity index (χ0n) is 18.9. The summed E-state index contributed by atoms with van der Waals surface area (Å²) in [6, 6.07) is 18.1. The van der Waals surface area contributed by atoms with E-state index < -0.39 is 17.8 Å². The maximum absolute atomic E-state index is 12.3. The molecule has 0 spiro atoms. The van der Waals surface area contributed by atoms with Crippen LogP contribution in [0.15, 0.2) is 76.3 Å². The van der Waals surface area contributed by atoms with Crippen molar-refractivity contribution < 1.29 is 28.6 Å². The maximum Gasteiger partial charge on any atom is 0.343 e. The zero-order valence-corrected chi connectivity index (χ0v) is 20.5. The van der Waals surface area contributed by atoms with E-state index in [-0.39, 0.29) is 6.54 Å². The van der Waals surface area contributed by atoms with Gasteiger partial charge in [-0.05, 0) is 72.3 Å². The summed E-state index contributed by atoms with van der Waals surface area (Å²) in [7, 11) is 2.96. The standard InChI is InChI=1S/C25H22BrN3O6/c1-33-21-12-7-18(13-22(21)34-2)24(31)27-15-23(30)29-28-14-16-3-10-20(11-4-16)35-25(32)17-5-8-19(26)9-6-17/h3-14H,15H2,1-2H3,(H,27,31)(H,29,30)/b28-14+. The summed E-state index contributed by atoms with van der Waals surface area (Å²) in [6.45, 7) is -0.268. The Kier molecular flexibility index (Phi) is 8.96. The Morgan fingerprint density at radius 2 is 1.54 bits per heavy atom. The van der Waals surface area contributed by atoms with Crippen LogP contribution in [0.4, 0.5) is 0 Å². The van der Waals surface area contributed by atoms with Gasteiger partial charge in [-0.1, -0.05) is 15.9 Å². The van der Waals surface area contributed by atoms with E-state index in [2.05, 4.69) is 31.8 Å². The smallest absolute Gasteiger partial charge is 0.343 e. The predicted octanol–water partition coefficient (Wildman–Crippen LogP) is 3.57. The number of nitrogens with one attached hydrogen (secondary N) is 2. The van der Waals surface area contributed by atoms with Gasteiger partial charge in [0.05, 0.1) is 32.5 Å². The highest BCUT2D eigenvalue weighted by Crippen LogP contribution is 2.27. The van der Waals surface area contributed by atoms with Crippen molar-refractivity contribution in [1.29, 1.82) is 0 Å². The molecule has 9 nitrogen and oxygen atoms in total. The molecule has 0 aromatic heterocycles. The minimum absolute atomic E-state index is 0.268. The van der Waals surface area contributed by atoms with Crippen molar-refractivity contribution in [2.75, 3.05) is 20.8 Å². The van der Waals surface area contributed by atoms with Gasteiger partial charge in [0.1, 0.15) is 5.75 Å². The summed E-state index contributed by atoms with van der Waals surface area (Å²) in [5, 5.41) is 6.37. The lowest BCUT2D eigenvalue weighted by atomic mass is 10.2. The Morgan fingerprint density at radius 1 is 0.886 bits per heavy atom. The number of carbonyl (C=O) groups excluding carboxylic acids is 3. The van der Waals surface area contributed by atoms with Crippen LogP contribution in [0.1, 0.15) is 26.3 Å². The Morgan fingerprint density at radius 3 is 2.20 bits per heavy atom. The van der Waals surface area contributed by atoms with E-state index in [1.54, 1.807) is 60.7 Å². The van der Waals surface area contributed by atoms with Crippen molar-refractivity contribution in [3.8, 4) is 17.2 Å². The van der Waals surface area contributed by atoms with Crippen LogP contribution in [0.3, 0.4) is 0 Å². The zero-order chi connectivity index (χ0) is 25.2. The van der Waals surface area contributed by atoms with Crippen molar-refractivity contribution >= 4 is 39.9 Å². The number of hydrogen-bond acceptors (Lipinski definition) is 7. The fourth-order valence-electron chi connectivity index (χ4n) is 2.83. The SMILES string of the molecule is COc1ccc(C(=O)NCC(=O)N/N=C/c2ccc(OC(=O)c3ccc(Br)cc3)cc2)cc1OC. The second-order valence-corrected chi connectivity index (χ2v) is 7.93. The first-order chi connectivity index (χ1) is 16.9.